The topological polar surface area (TPSA) is 53.4 Å². The third kappa shape index (κ3) is 4.67. The lowest BCUT2D eigenvalue weighted by atomic mass is 9.97. The van der Waals surface area contributed by atoms with Crippen molar-refractivity contribution in [2.24, 2.45) is 0 Å². The van der Waals surface area contributed by atoms with Crippen LogP contribution in [-0.2, 0) is 22.5 Å². The molecule has 0 saturated heterocycles. The number of methoxy groups -OCH3 is 1. The molecule has 0 spiro atoms. The number of aromatic nitrogens is 2. The van der Waals surface area contributed by atoms with Gasteiger partial charge in [0.25, 0.3) is 0 Å². The molecule has 0 aliphatic rings. The number of nitrogens with zero attached hydrogens (tertiary/aromatic N) is 2. The van der Waals surface area contributed by atoms with E-state index in [9.17, 15) is 4.79 Å². The monoisotopic (exact) mass is 392 g/mol. The van der Waals surface area contributed by atoms with Crippen molar-refractivity contribution < 1.29 is 14.3 Å². The SMILES string of the molecule is CCOC(=O)Cn1nc(C)c(Cc2ccc(OC)c(-c3cccc(C)c3)c2)c1C. The van der Waals surface area contributed by atoms with Crippen LogP contribution in [0.15, 0.2) is 42.5 Å². The highest BCUT2D eigenvalue weighted by molar-refractivity contribution is 5.72. The summed E-state index contributed by atoms with van der Waals surface area (Å²) in [4.78, 5) is 11.8. The number of rotatable bonds is 7. The highest BCUT2D eigenvalue weighted by Crippen LogP contribution is 2.32. The van der Waals surface area contributed by atoms with E-state index < -0.39 is 0 Å². The molecule has 0 amide bonds. The molecule has 0 radical (unpaired) electrons. The summed E-state index contributed by atoms with van der Waals surface area (Å²) in [6.07, 6.45) is 0.739. The summed E-state index contributed by atoms with van der Waals surface area (Å²) in [5.74, 6) is 0.585. The molecule has 3 rings (SSSR count). The third-order valence-corrected chi connectivity index (χ3v) is 5.09. The van der Waals surface area contributed by atoms with Gasteiger partial charge in [-0.05, 0) is 51.0 Å². The summed E-state index contributed by atoms with van der Waals surface area (Å²) >= 11 is 0. The summed E-state index contributed by atoms with van der Waals surface area (Å²) in [6.45, 7) is 8.38. The number of esters is 1. The zero-order valence-corrected chi connectivity index (χ0v) is 17.8. The second-order valence-corrected chi connectivity index (χ2v) is 7.19. The van der Waals surface area contributed by atoms with Crippen LogP contribution in [0.1, 0.15) is 35.0 Å². The molecule has 0 bridgehead atoms. The highest BCUT2D eigenvalue weighted by atomic mass is 16.5. The Morgan fingerprint density at radius 2 is 1.90 bits per heavy atom. The molecule has 5 heteroatoms. The van der Waals surface area contributed by atoms with Crippen LogP contribution in [0.3, 0.4) is 0 Å². The first-order valence-electron chi connectivity index (χ1n) is 9.85. The molecule has 29 heavy (non-hydrogen) atoms. The zero-order chi connectivity index (χ0) is 21.0. The number of carbonyl (C=O) groups is 1. The van der Waals surface area contributed by atoms with E-state index in [1.54, 1.807) is 18.7 Å². The van der Waals surface area contributed by atoms with Crippen molar-refractivity contribution in [1.29, 1.82) is 0 Å². The van der Waals surface area contributed by atoms with E-state index in [2.05, 4.69) is 48.4 Å². The number of benzene rings is 2. The van der Waals surface area contributed by atoms with Crippen molar-refractivity contribution in [2.45, 2.75) is 40.7 Å². The molecule has 0 unspecified atom stereocenters. The van der Waals surface area contributed by atoms with Crippen molar-refractivity contribution in [2.75, 3.05) is 13.7 Å². The van der Waals surface area contributed by atoms with Gasteiger partial charge in [0.15, 0.2) is 0 Å². The first-order chi connectivity index (χ1) is 13.9. The van der Waals surface area contributed by atoms with Crippen LogP contribution in [-0.4, -0.2) is 29.5 Å². The first kappa shape index (κ1) is 20.6. The lowest BCUT2D eigenvalue weighted by Crippen LogP contribution is -2.15. The Hall–Kier alpha value is -3.08. The molecule has 0 saturated carbocycles. The van der Waals surface area contributed by atoms with Crippen LogP contribution in [0, 0.1) is 20.8 Å². The molecule has 1 heterocycles. The molecule has 5 nitrogen and oxygen atoms in total. The van der Waals surface area contributed by atoms with E-state index in [0.29, 0.717) is 6.61 Å². The standard InChI is InChI=1S/C24H28N2O3/c1-6-29-24(27)15-26-18(4)21(17(3)25-26)13-19-10-11-23(28-5)22(14-19)20-9-7-8-16(2)12-20/h7-12,14H,6,13,15H2,1-5H3. The van der Waals surface area contributed by atoms with Gasteiger partial charge in [0, 0.05) is 23.2 Å². The predicted octanol–water partition coefficient (Wildman–Crippen LogP) is 4.64. The molecule has 2 aromatic carbocycles. The van der Waals surface area contributed by atoms with Crippen LogP contribution >= 0.6 is 0 Å². The lowest BCUT2D eigenvalue weighted by Gasteiger charge is -2.12. The van der Waals surface area contributed by atoms with E-state index in [4.69, 9.17) is 9.47 Å². The zero-order valence-electron chi connectivity index (χ0n) is 17.8. The molecular weight excluding hydrogens is 364 g/mol. The maximum atomic E-state index is 11.8. The summed E-state index contributed by atoms with van der Waals surface area (Å²) in [6, 6.07) is 14.7. The number of hydrogen-bond donors (Lipinski definition) is 0. The van der Waals surface area contributed by atoms with Crippen molar-refractivity contribution in [3.05, 3.63) is 70.5 Å². The summed E-state index contributed by atoms with van der Waals surface area (Å²) in [5.41, 5.74) is 7.64. The minimum Gasteiger partial charge on any atom is -0.496 e. The van der Waals surface area contributed by atoms with E-state index in [1.165, 1.54) is 11.1 Å². The third-order valence-electron chi connectivity index (χ3n) is 5.09. The maximum Gasteiger partial charge on any atom is 0.327 e. The fourth-order valence-electron chi connectivity index (χ4n) is 3.58. The van der Waals surface area contributed by atoms with Gasteiger partial charge >= 0.3 is 5.97 Å². The molecule has 152 valence electrons. The van der Waals surface area contributed by atoms with Gasteiger partial charge in [-0.25, -0.2) is 0 Å². The Balaban J connectivity index is 1.92. The lowest BCUT2D eigenvalue weighted by molar-refractivity contribution is -0.144. The van der Waals surface area contributed by atoms with E-state index in [1.807, 2.05) is 19.9 Å². The molecule has 1 aromatic heterocycles. The van der Waals surface area contributed by atoms with Crippen LogP contribution in [0.4, 0.5) is 0 Å². The van der Waals surface area contributed by atoms with Crippen LogP contribution in [0.25, 0.3) is 11.1 Å². The molecule has 0 atom stereocenters. The van der Waals surface area contributed by atoms with Crippen LogP contribution in [0.2, 0.25) is 0 Å². The molecule has 3 aromatic rings. The Morgan fingerprint density at radius 3 is 2.59 bits per heavy atom. The van der Waals surface area contributed by atoms with Crippen molar-refractivity contribution >= 4 is 5.97 Å². The van der Waals surface area contributed by atoms with Gasteiger partial charge in [0.05, 0.1) is 19.4 Å². The largest absolute Gasteiger partial charge is 0.496 e. The fourth-order valence-corrected chi connectivity index (χ4v) is 3.58. The van der Waals surface area contributed by atoms with Crippen molar-refractivity contribution in [1.82, 2.24) is 9.78 Å². The summed E-state index contributed by atoms with van der Waals surface area (Å²) in [7, 11) is 1.70. The minimum atomic E-state index is -0.268. The predicted molar refractivity (Wildman–Crippen MR) is 114 cm³/mol. The van der Waals surface area contributed by atoms with Gasteiger partial charge in [-0.1, -0.05) is 35.9 Å². The van der Waals surface area contributed by atoms with E-state index >= 15 is 0 Å². The van der Waals surface area contributed by atoms with Gasteiger partial charge in [-0.2, -0.15) is 5.10 Å². The molecular formula is C24H28N2O3. The Kier molecular flexibility index (Phi) is 6.37. The van der Waals surface area contributed by atoms with Gasteiger partial charge in [-0.3, -0.25) is 9.48 Å². The number of hydrogen-bond acceptors (Lipinski definition) is 4. The highest BCUT2D eigenvalue weighted by Gasteiger charge is 2.16. The second kappa shape index (κ2) is 8.95. The van der Waals surface area contributed by atoms with E-state index in [-0.39, 0.29) is 12.5 Å². The number of aryl methyl sites for hydroxylation is 2. The Labute approximate surface area is 172 Å². The minimum absolute atomic E-state index is 0.137. The van der Waals surface area contributed by atoms with Gasteiger partial charge < -0.3 is 9.47 Å². The number of ether oxygens (including phenoxy) is 2. The van der Waals surface area contributed by atoms with Crippen LogP contribution in [0.5, 0.6) is 5.75 Å². The molecule has 0 aliphatic heterocycles. The molecule has 0 N–H and O–H groups in total. The second-order valence-electron chi connectivity index (χ2n) is 7.19. The first-order valence-corrected chi connectivity index (χ1v) is 9.85. The maximum absolute atomic E-state index is 11.8. The van der Waals surface area contributed by atoms with Gasteiger partial charge in [-0.15, -0.1) is 0 Å². The van der Waals surface area contributed by atoms with Crippen molar-refractivity contribution in [3.8, 4) is 16.9 Å². The summed E-state index contributed by atoms with van der Waals surface area (Å²) in [5, 5.41) is 4.55. The summed E-state index contributed by atoms with van der Waals surface area (Å²) < 4.78 is 12.4. The average molecular weight is 392 g/mol. The van der Waals surface area contributed by atoms with Gasteiger partial charge in [0.1, 0.15) is 12.3 Å². The van der Waals surface area contributed by atoms with Crippen LogP contribution < -0.4 is 4.74 Å². The fraction of sp³-hybridized carbons (Fsp3) is 0.333. The smallest absolute Gasteiger partial charge is 0.327 e. The normalized spacial score (nSPS) is 10.8. The van der Waals surface area contributed by atoms with E-state index in [0.717, 1.165) is 40.2 Å². The molecule has 0 aliphatic carbocycles. The van der Waals surface area contributed by atoms with Gasteiger partial charge in [0.2, 0.25) is 0 Å². The Morgan fingerprint density at radius 1 is 1.10 bits per heavy atom. The molecule has 0 fully saturated rings. The Bertz CT molecular complexity index is 1020. The quantitative estimate of drug-likeness (QED) is 0.550. The van der Waals surface area contributed by atoms with Crippen molar-refractivity contribution in [3.63, 3.8) is 0 Å². The number of carbonyl (C=O) groups excluding carboxylic acids is 1. The average Bonchev–Trinajstić information content (AvgIpc) is 2.95.